The zero-order valence-corrected chi connectivity index (χ0v) is 22.8. The minimum absolute atomic E-state index is 0.261. The van der Waals surface area contributed by atoms with Crippen molar-refractivity contribution in [1.82, 2.24) is 0 Å². The van der Waals surface area contributed by atoms with Crippen LogP contribution in [0.25, 0.3) is 0 Å². The fourth-order valence-electron chi connectivity index (χ4n) is 4.95. The summed E-state index contributed by atoms with van der Waals surface area (Å²) in [6, 6.07) is 8.62. The second-order valence-electron chi connectivity index (χ2n) is 10.9. The maximum absolute atomic E-state index is 10.9. The van der Waals surface area contributed by atoms with Gasteiger partial charge < -0.3 is 10.2 Å². The molecular formula is C31H48O2. The van der Waals surface area contributed by atoms with Gasteiger partial charge in [-0.1, -0.05) is 81.4 Å². The van der Waals surface area contributed by atoms with Crippen LogP contribution in [0.1, 0.15) is 152 Å². The molecule has 0 bridgehead atoms. The first-order chi connectivity index (χ1) is 15.4. The Bertz CT molecular complexity index is 865. The van der Waals surface area contributed by atoms with Gasteiger partial charge in [0.05, 0.1) is 0 Å². The zero-order chi connectivity index (χ0) is 25.1. The van der Waals surface area contributed by atoms with E-state index in [1.54, 1.807) is 0 Å². The molecule has 0 aliphatic carbocycles. The first-order valence-corrected chi connectivity index (χ1v) is 13.2. The topological polar surface area (TPSA) is 40.5 Å². The van der Waals surface area contributed by atoms with Crippen LogP contribution in [0.15, 0.2) is 24.3 Å². The van der Waals surface area contributed by atoms with E-state index in [4.69, 9.17) is 0 Å². The number of phenolic OH excluding ortho intramolecular Hbond substituents is 2. The minimum atomic E-state index is -0.261. The normalized spacial score (nSPS) is 15.8. The molecule has 2 aromatic carbocycles. The third-order valence-corrected chi connectivity index (χ3v) is 8.32. The lowest BCUT2D eigenvalue weighted by molar-refractivity contribution is 0.456. The molecule has 2 aromatic rings. The molecule has 0 fully saturated rings. The Morgan fingerprint density at radius 1 is 0.545 bits per heavy atom. The van der Waals surface area contributed by atoms with Gasteiger partial charge in [-0.05, 0) is 94.9 Å². The van der Waals surface area contributed by atoms with Gasteiger partial charge in [0.1, 0.15) is 11.5 Å². The van der Waals surface area contributed by atoms with Crippen molar-refractivity contribution in [1.29, 1.82) is 0 Å². The summed E-state index contributed by atoms with van der Waals surface area (Å²) in [4.78, 5) is 0. The highest BCUT2D eigenvalue weighted by Gasteiger charge is 2.33. The lowest BCUT2D eigenvalue weighted by atomic mass is 9.69. The summed E-state index contributed by atoms with van der Waals surface area (Å²) in [5.41, 5.74) is 6.90. The molecular weight excluding hydrogens is 404 g/mol. The Morgan fingerprint density at radius 2 is 0.818 bits per heavy atom. The lowest BCUT2D eigenvalue weighted by Gasteiger charge is -2.35. The van der Waals surface area contributed by atoms with Gasteiger partial charge in [-0.2, -0.15) is 0 Å². The standard InChI is InChI=1S/C31H48O2/c1-11-19(5)23-17-29(32)25(21(7)13-3)15-27(23)31(9,10)28-16-26(22(8)14-4)30(33)18-24(28)20(6)12-2/h15-22,32-33H,11-14H2,1-10H3. The van der Waals surface area contributed by atoms with Gasteiger partial charge in [-0.25, -0.2) is 0 Å². The van der Waals surface area contributed by atoms with E-state index < -0.39 is 0 Å². The van der Waals surface area contributed by atoms with Crippen molar-refractivity contribution in [2.75, 3.05) is 0 Å². The number of aromatic hydroxyl groups is 2. The molecule has 0 amide bonds. The first-order valence-electron chi connectivity index (χ1n) is 13.2. The Kier molecular flexibility index (Phi) is 9.08. The number of hydrogen-bond donors (Lipinski definition) is 2. The summed E-state index contributed by atoms with van der Waals surface area (Å²) in [5, 5.41) is 21.9. The number of rotatable bonds is 10. The quantitative estimate of drug-likeness (QED) is 0.377. The third kappa shape index (κ3) is 5.42. The van der Waals surface area contributed by atoms with Crippen LogP contribution in [0, 0.1) is 0 Å². The summed E-state index contributed by atoms with van der Waals surface area (Å²) in [6.45, 7) is 22.3. The first kappa shape index (κ1) is 27.3. The number of phenols is 2. The molecule has 0 aromatic heterocycles. The van der Waals surface area contributed by atoms with Gasteiger partial charge in [0.15, 0.2) is 0 Å². The molecule has 2 N–H and O–H groups in total. The maximum atomic E-state index is 10.9. The Balaban J connectivity index is 2.91. The van der Waals surface area contributed by atoms with Crippen molar-refractivity contribution in [3.8, 4) is 11.5 Å². The smallest absolute Gasteiger partial charge is 0.119 e. The fourth-order valence-corrected chi connectivity index (χ4v) is 4.95. The summed E-state index contributed by atoms with van der Waals surface area (Å²) in [7, 11) is 0. The van der Waals surface area contributed by atoms with Crippen molar-refractivity contribution in [3.05, 3.63) is 57.6 Å². The van der Waals surface area contributed by atoms with E-state index in [-0.39, 0.29) is 5.41 Å². The summed E-state index contributed by atoms with van der Waals surface area (Å²) in [6.07, 6.45) is 4.03. The Hall–Kier alpha value is -1.96. The third-order valence-electron chi connectivity index (χ3n) is 8.32. The molecule has 0 aliphatic heterocycles. The van der Waals surface area contributed by atoms with E-state index in [1.165, 1.54) is 22.3 Å². The molecule has 0 saturated heterocycles. The predicted octanol–water partition coefficient (Wildman–Crippen LogP) is 9.48. The second kappa shape index (κ2) is 11.0. The molecule has 184 valence electrons. The molecule has 2 nitrogen and oxygen atoms in total. The van der Waals surface area contributed by atoms with Crippen molar-refractivity contribution in [3.63, 3.8) is 0 Å². The average molecular weight is 453 g/mol. The van der Waals surface area contributed by atoms with Gasteiger partial charge in [-0.3, -0.25) is 0 Å². The van der Waals surface area contributed by atoms with E-state index in [2.05, 4.69) is 81.4 Å². The summed E-state index contributed by atoms with van der Waals surface area (Å²) in [5.74, 6) is 2.16. The molecule has 0 spiro atoms. The Labute approximate surface area is 203 Å². The molecule has 33 heavy (non-hydrogen) atoms. The SMILES string of the molecule is CCC(C)c1cc(C(C)(C)c2cc(C(C)CC)c(O)cc2C(C)CC)c(C(C)CC)cc1O. The molecule has 0 saturated carbocycles. The fraction of sp³-hybridized carbons (Fsp3) is 0.613. The van der Waals surface area contributed by atoms with Crippen molar-refractivity contribution < 1.29 is 10.2 Å². The van der Waals surface area contributed by atoms with E-state index >= 15 is 0 Å². The molecule has 2 heteroatoms. The molecule has 4 unspecified atom stereocenters. The molecule has 2 rings (SSSR count). The van der Waals surface area contributed by atoms with Gasteiger partial charge in [0, 0.05) is 5.41 Å². The van der Waals surface area contributed by atoms with Crippen LogP contribution in [-0.4, -0.2) is 10.2 Å². The molecule has 0 aliphatic rings. The zero-order valence-electron chi connectivity index (χ0n) is 22.8. The van der Waals surface area contributed by atoms with Crippen LogP contribution in [-0.2, 0) is 5.41 Å². The molecule has 0 radical (unpaired) electrons. The van der Waals surface area contributed by atoms with E-state index in [0.717, 1.165) is 36.8 Å². The summed E-state index contributed by atoms with van der Waals surface area (Å²) >= 11 is 0. The maximum Gasteiger partial charge on any atom is 0.119 e. The Morgan fingerprint density at radius 3 is 1.09 bits per heavy atom. The van der Waals surface area contributed by atoms with Crippen LogP contribution in [0.2, 0.25) is 0 Å². The van der Waals surface area contributed by atoms with E-state index in [1.807, 2.05) is 12.1 Å². The molecule has 0 heterocycles. The van der Waals surface area contributed by atoms with Crippen LogP contribution >= 0.6 is 0 Å². The highest BCUT2D eigenvalue weighted by atomic mass is 16.3. The average Bonchev–Trinajstić information content (AvgIpc) is 2.81. The summed E-state index contributed by atoms with van der Waals surface area (Å²) < 4.78 is 0. The van der Waals surface area contributed by atoms with Crippen molar-refractivity contribution in [2.24, 2.45) is 0 Å². The van der Waals surface area contributed by atoms with Crippen LogP contribution in [0.4, 0.5) is 0 Å². The number of hydrogen-bond acceptors (Lipinski definition) is 2. The largest absolute Gasteiger partial charge is 0.508 e. The monoisotopic (exact) mass is 452 g/mol. The lowest BCUT2D eigenvalue weighted by Crippen LogP contribution is -2.25. The van der Waals surface area contributed by atoms with Crippen LogP contribution < -0.4 is 0 Å². The second-order valence-corrected chi connectivity index (χ2v) is 10.9. The highest BCUT2D eigenvalue weighted by molar-refractivity contribution is 5.55. The van der Waals surface area contributed by atoms with E-state index in [9.17, 15) is 10.2 Å². The molecule has 4 atom stereocenters. The highest BCUT2D eigenvalue weighted by Crippen LogP contribution is 2.46. The van der Waals surface area contributed by atoms with Gasteiger partial charge >= 0.3 is 0 Å². The van der Waals surface area contributed by atoms with Crippen molar-refractivity contribution >= 4 is 0 Å². The van der Waals surface area contributed by atoms with Gasteiger partial charge in [0.2, 0.25) is 0 Å². The van der Waals surface area contributed by atoms with Gasteiger partial charge in [0.25, 0.3) is 0 Å². The number of benzene rings is 2. The van der Waals surface area contributed by atoms with Crippen LogP contribution in [0.3, 0.4) is 0 Å². The predicted molar refractivity (Wildman–Crippen MR) is 143 cm³/mol. The van der Waals surface area contributed by atoms with Gasteiger partial charge in [-0.15, -0.1) is 0 Å². The minimum Gasteiger partial charge on any atom is -0.508 e. The van der Waals surface area contributed by atoms with Crippen molar-refractivity contribution in [2.45, 2.75) is 124 Å². The van der Waals surface area contributed by atoms with E-state index in [0.29, 0.717) is 35.2 Å². The van der Waals surface area contributed by atoms with Crippen LogP contribution in [0.5, 0.6) is 11.5 Å².